The molecule has 0 fully saturated rings. The maximum Gasteiger partial charge on any atom is 0.408 e. The van der Waals surface area contributed by atoms with Crippen LogP contribution < -0.4 is 0 Å². The van der Waals surface area contributed by atoms with Crippen LogP contribution in [0, 0.1) is 5.92 Å². The minimum absolute atomic E-state index is 0.0161. The summed E-state index contributed by atoms with van der Waals surface area (Å²) in [6.45, 7) is 3.72. The number of benzene rings is 1. The Kier molecular flexibility index (Phi) is 7.16. The predicted octanol–water partition coefficient (Wildman–Crippen LogP) is 5.28. The van der Waals surface area contributed by atoms with Gasteiger partial charge in [-0.05, 0) is 42.7 Å². The summed E-state index contributed by atoms with van der Waals surface area (Å²) in [6, 6.07) is 7.41. The first-order valence-electron chi connectivity index (χ1n) is 8.45. The van der Waals surface area contributed by atoms with Gasteiger partial charge in [0.25, 0.3) is 0 Å². The van der Waals surface area contributed by atoms with Gasteiger partial charge in [0.05, 0.1) is 0 Å². The van der Waals surface area contributed by atoms with Crippen LogP contribution >= 0.6 is 23.2 Å². The molecule has 27 heavy (non-hydrogen) atoms. The molecule has 0 aliphatic heterocycles. The van der Waals surface area contributed by atoms with Gasteiger partial charge in [-0.2, -0.15) is 0 Å². The van der Waals surface area contributed by atoms with Crippen molar-refractivity contribution in [2.45, 2.75) is 32.7 Å². The van der Waals surface area contributed by atoms with E-state index in [0.717, 1.165) is 4.90 Å². The fraction of sp³-hybridized carbons (Fsp3) is 0.368. The van der Waals surface area contributed by atoms with Gasteiger partial charge in [-0.1, -0.05) is 37.0 Å². The van der Waals surface area contributed by atoms with Crippen molar-refractivity contribution >= 4 is 35.3 Å². The van der Waals surface area contributed by atoms with Gasteiger partial charge in [-0.15, -0.1) is 0 Å². The molecule has 2 N–H and O–H groups in total. The van der Waals surface area contributed by atoms with E-state index < -0.39 is 18.1 Å². The number of hydrogen-bond donors (Lipinski definition) is 2. The molecule has 1 unspecified atom stereocenters. The molecule has 0 bridgehead atoms. The molecule has 1 atom stereocenters. The Morgan fingerprint density at radius 3 is 2.26 bits per heavy atom. The molecule has 1 aromatic carbocycles. The molecule has 0 radical (unpaired) electrons. The molecule has 1 amide bonds. The van der Waals surface area contributed by atoms with Crippen molar-refractivity contribution in [2.75, 3.05) is 6.54 Å². The summed E-state index contributed by atoms with van der Waals surface area (Å²) in [5, 5.41) is 19.8. The molecule has 8 heteroatoms. The smallest absolute Gasteiger partial charge is 0.408 e. The third-order valence-corrected chi connectivity index (χ3v) is 4.45. The van der Waals surface area contributed by atoms with Gasteiger partial charge in [0.15, 0.2) is 0 Å². The van der Waals surface area contributed by atoms with Crippen LogP contribution in [0.2, 0.25) is 10.0 Å². The minimum atomic E-state index is -1.27. The summed E-state index contributed by atoms with van der Waals surface area (Å²) in [5.41, 5.74) is 0.706. The lowest BCUT2D eigenvalue weighted by Gasteiger charge is -2.27. The highest BCUT2D eigenvalue weighted by atomic mass is 35.5. The number of hydrogen-bond acceptors (Lipinski definition) is 3. The summed E-state index contributed by atoms with van der Waals surface area (Å²) in [5.74, 6) is -0.00943. The third-order valence-electron chi connectivity index (χ3n) is 4.01. The first-order valence-corrected chi connectivity index (χ1v) is 9.20. The van der Waals surface area contributed by atoms with Gasteiger partial charge in [-0.25, -0.2) is 9.59 Å². The van der Waals surface area contributed by atoms with Gasteiger partial charge in [0.2, 0.25) is 0 Å². The third kappa shape index (κ3) is 5.91. The molecule has 1 heterocycles. The molecule has 0 spiro atoms. The number of aliphatic carboxylic acids is 1. The minimum Gasteiger partial charge on any atom is -0.480 e. The van der Waals surface area contributed by atoms with Crippen LogP contribution in [0.1, 0.15) is 26.0 Å². The Bertz CT molecular complexity index is 798. The Morgan fingerprint density at radius 2 is 1.74 bits per heavy atom. The molecular formula is C19H21Cl2NO5. The van der Waals surface area contributed by atoms with Crippen LogP contribution in [0.15, 0.2) is 34.7 Å². The second-order valence-electron chi connectivity index (χ2n) is 6.63. The summed E-state index contributed by atoms with van der Waals surface area (Å²) >= 11 is 12.0. The monoisotopic (exact) mass is 413 g/mol. The van der Waals surface area contributed by atoms with Crippen molar-refractivity contribution in [1.29, 1.82) is 0 Å². The molecule has 146 valence electrons. The van der Waals surface area contributed by atoms with Crippen LogP contribution in [-0.2, 0) is 11.2 Å². The Balaban J connectivity index is 2.13. The summed E-state index contributed by atoms with van der Waals surface area (Å²) in [6.07, 6.45) is -0.773. The van der Waals surface area contributed by atoms with Crippen molar-refractivity contribution in [3.63, 3.8) is 0 Å². The average molecular weight is 414 g/mol. The zero-order valence-corrected chi connectivity index (χ0v) is 16.5. The van der Waals surface area contributed by atoms with Gasteiger partial charge in [-0.3, -0.25) is 4.90 Å². The predicted molar refractivity (Wildman–Crippen MR) is 103 cm³/mol. The highest BCUT2D eigenvalue weighted by molar-refractivity contribution is 6.35. The first kappa shape index (κ1) is 21.1. The van der Waals surface area contributed by atoms with Crippen LogP contribution in [0.4, 0.5) is 4.79 Å². The Morgan fingerprint density at radius 1 is 1.11 bits per heavy atom. The number of furan rings is 1. The average Bonchev–Trinajstić information content (AvgIpc) is 3.01. The van der Waals surface area contributed by atoms with Crippen molar-refractivity contribution in [1.82, 2.24) is 4.90 Å². The molecule has 0 aliphatic carbocycles. The van der Waals surface area contributed by atoms with E-state index in [1.54, 1.807) is 30.3 Å². The van der Waals surface area contributed by atoms with Crippen LogP contribution in [0.5, 0.6) is 0 Å². The molecule has 2 aromatic rings. The number of carboxylic acids is 1. The van der Waals surface area contributed by atoms with E-state index in [9.17, 15) is 19.8 Å². The van der Waals surface area contributed by atoms with Gasteiger partial charge >= 0.3 is 12.1 Å². The number of nitrogens with zero attached hydrogens (tertiary/aromatic N) is 1. The number of halogens is 2. The largest absolute Gasteiger partial charge is 0.480 e. The van der Waals surface area contributed by atoms with Crippen molar-refractivity contribution < 1.29 is 24.2 Å². The van der Waals surface area contributed by atoms with Crippen LogP contribution in [-0.4, -0.2) is 39.8 Å². The van der Waals surface area contributed by atoms with Crippen molar-refractivity contribution in [3.05, 3.63) is 46.1 Å². The highest BCUT2D eigenvalue weighted by Crippen LogP contribution is 2.29. The van der Waals surface area contributed by atoms with E-state index in [-0.39, 0.29) is 25.3 Å². The number of carboxylic acid groups (broad SMARTS) is 2. The lowest BCUT2D eigenvalue weighted by atomic mass is 10.0. The summed E-state index contributed by atoms with van der Waals surface area (Å²) < 4.78 is 5.75. The number of amides is 1. The molecule has 0 saturated heterocycles. The van der Waals surface area contributed by atoms with Crippen LogP contribution in [0.3, 0.4) is 0 Å². The van der Waals surface area contributed by atoms with E-state index in [0.29, 0.717) is 27.1 Å². The van der Waals surface area contributed by atoms with Gasteiger partial charge < -0.3 is 14.6 Å². The van der Waals surface area contributed by atoms with E-state index in [4.69, 9.17) is 27.6 Å². The van der Waals surface area contributed by atoms with E-state index in [1.165, 1.54) is 0 Å². The number of rotatable bonds is 8. The lowest BCUT2D eigenvalue weighted by molar-refractivity contribution is -0.143. The van der Waals surface area contributed by atoms with E-state index >= 15 is 0 Å². The molecular weight excluding hydrogens is 393 g/mol. The van der Waals surface area contributed by atoms with Crippen molar-refractivity contribution in [2.24, 2.45) is 5.92 Å². The van der Waals surface area contributed by atoms with Gasteiger partial charge in [0.1, 0.15) is 17.6 Å². The Labute approximate surface area is 167 Å². The fourth-order valence-electron chi connectivity index (χ4n) is 2.79. The van der Waals surface area contributed by atoms with Crippen molar-refractivity contribution in [3.8, 4) is 11.3 Å². The first-order chi connectivity index (χ1) is 12.7. The SMILES string of the molecule is CC(C)CC(C(=O)O)N(CCc1ccc(-c2cc(Cl)cc(Cl)c2)o1)C(=O)O. The van der Waals surface area contributed by atoms with Crippen LogP contribution in [0.25, 0.3) is 11.3 Å². The zero-order valence-electron chi connectivity index (χ0n) is 15.0. The van der Waals surface area contributed by atoms with E-state index in [2.05, 4.69) is 0 Å². The lowest BCUT2D eigenvalue weighted by Crippen LogP contribution is -2.46. The molecule has 0 aliphatic rings. The standard InChI is InChI=1S/C19H21Cl2NO5/c1-11(2)7-16(18(23)24)22(19(25)26)6-5-15-3-4-17(27-15)12-8-13(20)10-14(21)9-12/h3-4,8-11,16H,5-7H2,1-2H3,(H,23,24)(H,25,26). The second-order valence-corrected chi connectivity index (χ2v) is 7.51. The molecule has 6 nitrogen and oxygen atoms in total. The number of carbonyl (C=O) groups is 2. The molecule has 1 aromatic heterocycles. The maximum absolute atomic E-state index is 11.6. The Hall–Kier alpha value is -2.18. The van der Waals surface area contributed by atoms with E-state index in [1.807, 2.05) is 13.8 Å². The second kappa shape index (κ2) is 9.15. The molecule has 2 rings (SSSR count). The van der Waals surface area contributed by atoms with Gasteiger partial charge in [0, 0.05) is 28.6 Å². The summed E-state index contributed by atoms with van der Waals surface area (Å²) in [4.78, 5) is 24.0. The maximum atomic E-state index is 11.6. The normalized spacial score (nSPS) is 12.2. The quantitative estimate of drug-likeness (QED) is 0.614. The fourth-order valence-corrected chi connectivity index (χ4v) is 3.31. The topological polar surface area (TPSA) is 91.0 Å². The zero-order chi connectivity index (χ0) is 20.1. The highest BCUT2D eigenvalue weighted by Gasteiger charge is 2.30. The molecule has 0 saturated carbocycles. The summed E-state index contributed by atoms with van der Waals surface area (Å²) in [7, 11) is 0.